The van der Waals surface area contributed by atoms with Crippen LogP contribution in [-0.4, -0.2) is 44.5 Å². The molecular formula is C12H10Cl2N2O4S. The number of benzene rings is 1. The molecule has 1 aromatic carbocycles. The van der Waals surface area contributed by atoms with Crippen LogP contribution < -0.4 is 0 Å². The van der Waals surface area contributed by atoms with Crippen LogP contribution in [0.1, 0.15) is 6.42 Å². The lowest BCUT2D eigenvalue weighted by Gasteiger charge is -2.27. The van der Waals surface area contributed by atoms with Crippen molar-refractivity contribution in [3.63, 3.8) is 0 Å². The minimum Gasteiger partial charge on any atom is -0.505 e. The molecule has 1 heterocycles. The molecule has 1 aliphatic heterocycles. The van der Waals surface area contributed by atoms with Crippen molar-refractivity contribution < 1.29 is 19.8 Å². The van der Waals surface area contributed by atoms with Gasteiger partial charge in [-0.25, -0.2) is 4.99 Å². The quantitative estimate of drug-likeness (QED) is 0.857. The molecule has 1 aromatic rings. The number of carbonyl (C=O) groups is 2. The van der Waals surface area contributed by atoms with E-state index in [1.54, 1.807) is 0 Å². The van der Waals surface area contributed by atoms with Gasteiger partial charge >= 0.3 is 5.97 Å². The molecule has 2 rings (SSSR count). The fourth-order valence-corrected chi connectivity index (χ4v) is 3.09. The Balaban J connectivity index is 2.38. The SMILES string of the molecule is CN1C(=O)C[C@@H](C(=O)O)SC1=Nc1cc(Cl)c(O)c(Cl)c1. The summed E-state index contributed by atoms with van der Waals surface area (Å²) in [6.45, 7) is 0. The lowest BCUT2D eigenvalue weighted by Crippen LogP contribution is -2.41. The third kappa shape index (κ3) is 3.42. The fraction of sp³-hybridized carbons (Fsp3) is 0.250. The molecule has 1 atom stereocenters. The van der Waals surface area contributed by atoms with Gasteiger partial charge in [0, 0.05) is 7.05 Å². The highest BCUT2D eigenvalue weighted by molar-refractivity contribution is 8.15. The van der Waals surface area contributed by atoms with Gasteiger partial charge in [-0.05, 0) is 12.1 Å². The monoisotopic (exact) mass is 348 g/mol. The minimum atomic E-state index is -1.07. The van der Waals surface area contributed by atoms with Gasteiger partial charge in [-0.3, -0.25) is 14.5 Å². The summed E-state index contributed by atoms with van der Waals surface area (Å²) in [5.41, 5.74) is 0.316. The lowest BCUT2D eigenvalue weighted by molar-refractivity contribution is -0.139. The fourth-order valence-electron chi connectivity index (χ4n) is 1.62. The first-order valence-corrected chi connectivity index (χ1v) is 7.36. The van der Waals surface area contributed by atoms with Crippen molar-refractivity contribution in [3.05, 3.63) is 22.2 Å². The van der Waals surface area contributed by atoms with Crippen molar-refractivity contribution >= 4 is 57.7 Å². The minimum absolute atomic E-state index is 0.0198. The third-order valence-corrected chi connectivity index (χ3v) is 4.58. The first-order chi connectivity index (χ1) is 9.79. The summed E-state index contributed by atoms with van der Waals surface area (Å²) in [7, 11) is 1.51. The zero-order valence-electron chi connectivity index (χ0n) is 10.7. The largest absolute Gasteiger partial charge is 0.505 e. The maximum absolute atomic E-state index is 11.8. The summed E-state index contributed by atoms with van der Waals surface area (Å²) >= 11 is 12.6. The molecule has 0 bridgehead atoms. The second-order valence-corrected chi connectivity index (χ2v) is 6.24. The van der Waals surface area contributed by atoms with Crippen molar-refractivity contribution in [1.29, 1.82) is 0 Å². The average Bonchev–Trinajstić information content (AvgIpc) is 2.40. The molecule has 1 amide bonds. The molecule has 1 saturated heterocycles. The molecule has 0 aromatic heterocycles. The van der Waals surface area contributed by atoms with Gasteiger partial charge in [0.1, 0.15) is 5.25 Å². The molecule has 1 aliphatic rings. The van der Waals surface area contributed by atoms with E-state index in [1.807, 2.05) is 0 Å². The smallest absolute Gasteiger partial charge is 0.317 e. The van der Waals surface area contributed by atoms with Crippen LogP contribution >= 0.6 is 35.0 Å². The van der Waals surface area contributed by atoms with Crippen molar-refractivity contribution in [2.75, 3.05) is 7.05 Å². The van der Waals surface area contributed by atoms with Crippen LogP contribution in [0.25, 0.3) is 0 Å². The Hall–Kier alpha value is -1.44. The normalized spacial score (nSPS) is 20.9. The molecule has 0 aliphatic carbocycles. The molecule has 2 N–H and O–H groups in total. The van der Waals surface area contributed by atoms with Crippen LogP contribution in [0.15, 0.2) is 17.1 Å². The summed E-state index contributed by atoms with van der Waals surface area (Å²) in [4.78, 5) is 28.3. The Morgan fingerprint density at radius 3 is 2.52 bits per heavy atom. The summed E-state index contributed by atoms with van der Waals surface area (Å²) in [6, 6.07) is 2.75. The van der Waals surface area contributed by atoms with E-state index in [1.165, 1.54) is 24.1 Å². The number of phenolic OH excluding ortho intramolecular Hbond substituents is 1. The number of hydrogen-bond acceptors (Lipinski definition) is 5. The number of amides is 1. The van der Waals surface area contributed by atoms with Gasteiger partial charge < -0.3 is 10.2 Å². The lowest BCUT2D eigenvalue weighted by atomic mass is 10.2. The van der Waals surface area contributed by atoms with E-state index in [2.05, 4.69) is 4.99 Å². The Kier molecular flexibility index (Phi) is 4.65. The number of thioether (sulfide) groups is 1. The molecule has 9 heteroatoms. The maximum atomic E-state index is 11.8. The van der Waals surface area contributed by atoms with E-state index in [-0.39, 0.29) is 33.3 Å². The number of carbonyl (C=O) groups excluding carboxylic acids is 1. The van der Waals surface area contributed by atoms with Crippen LogP contribution in [0.4, 0.5) is 5.69 Å². The van der Waals surface area contributed by atoms with Crippen molar-refractivity contribution in [2.24, 2.45) is 4.99 Å². The van der Waals surface area contributed by atoms with Crippen molar-refractivity contribution in [3.8, 4) is 5.75 Å². The van der Waals surface area contributed by atoms with Crippen molar-refractivity contribution in [2.45, 2.75) is 11.7 Å². The van der Waals surface area contributed by atoms with E-state index in [0.717, 1.165) is 11.8 Å². The molecule has 21 heavy (non-hydrogen) atoms. The predicted molar refractivity (Wildman–Crippen MR) is 81.6 cm³/mol. The first kappa shape index (κ1) is 15.9. The third-order valence-electron chi connectivity index (χ3n) is 2.77. The molecule has 112 valence electrons. The predicted octanol–water partition coefficient (Wildman–Crippen LogP) is 2.74. The summed E-state index contributed by atoms with van der Waals surface area (Å²) in [5.74, 6) is -1.67. The molecule has 0 spiro atoms. The van der Waals surface area contributed by atoms with E-state index in [0.29, 0.717) is 5.69 Å². The zero-order chi connectivity index (χ0) is 15.7. The number of rotatable bonds is 2. The van der Waals surface area contributed by atoms with Gasteiger partial charge in [0.25, 0.3) is 0 Å². The standard InChI is InChI=1S/C12H10Cl2N2O4S/c1-16-9(17)4-8(11(19)20)21-12(16)15-5-2-6(13)10(18)7(14)3-5/h2-3,8,18H,4H2,1H3,(H,19,20)/t8-/m0/s1. The van der Waals surface area contributed by atoms with Crippen LogP contribution in [0.3, 0.4) is 0 Å². The van der Waals surface area contributed by atoms with E-state index in [4.69, 9.17) is 28.3 Å². The second kappa shape index (κ2) is 6.13. The Labute approximate surface area is 134 Å². The van der Waals surface area contributed by atoms with Crippen LogP contribution in [0.2, 0.25) is 10.0 Å². The Bertz CT molecular complexity index is 627. The van der Waals surface area contributed by atoms with E-state index in [9.17, 15) is 14.7 Å². The highest BCUT2D eigenvalue weighted by Gasteiger charge is 2.33. The first-order valence-electron chi connectivity index (χ1n) is 5.72. The van der Waals surface area contributed by atoms with Gasteiger partial charge in [-0.15, -0.1) is 0 Å². The number of carboxylic acid groups (broad SMARTS) is 1. The van der Waals surface area contributed by atoms with Gasteiger partial charge in [0.15, 0.2) is 10.9 Å². The number of aliphatic imine (C=N–C) groups is 1. The Morgan fingerprint density at radius 1 is 1.43 bits per heavy atom. The zero-order valence-corrected chi connectivity index (χ0v) is 13.0. The number of halogens is 2. The topological polar surface area (TPSA) is 90.2 Å². The molecule has 6 nitrogen and oxygen atoms in total. The van der Waals surface area contributed by atoms with Crippen LogP contribution in [-0.2, 0) is 9.59 Å². The number of nitrogens with zero attached hydrogens (tertiary/aromatic N) is 2. The number of aromatic hydroxyl groups is 1. The second-order valence-electron chi connectivity index (χ2n) is 4.25. The highest BCUT2D eigenvalue weighted by atomic mass is 35.5. The van der Waals surface area contributed by atoms with Gasteiger partial charge in [0.2, 0.25) is 5.91 Å². The summed E-state index contributed by atoms with van der Waals surface area (Å²) < 4.78 is 0. The number of hydrogen-bond donors (Lipinski definition) is 2. The number of carboxylic acids is 1. The molecule has 0 saturated carbocycles. The molecule has 1 fully saturated rings. The van der Waals surface area contributed by atoms with Gasteiger partial charge in [-0.1, -0.05) is 35.0 Å². The number of amidine groups is 1. The van der Waals surface area contributed by atoms with Gasteiger partial charge in [-0.2, -0.15) is 0 Å². The molecule has 0 unspecified atom stereocenters. The van der Waals surface area contributed by atoms with E-state index >= 15 is 0 Å². The van der Waals surface area contributed by atoms with Crippen molar-refractivity contribution in [1.82, 2.24) is 4.90 Å². The number of aliphatic carboxylic acids is 1. The average molecular weight is 349 g/mol. The molecular weight excluding hydrogens is 339 g/mol. The van der Waals surface area contributed by atoms with Gasteiger partial charge in [0.05, 0.1) is 22.2 Å². The number of phenols is 1. The van der Waals surface area contributed by atoms with Crippen LogP contribution in [0, 0.1) is 0 Å². The van der Waals surface area contributed by atoms with E-state index < -0.39 is 11.2 Å². The summed E-state index contributed by atoms with van der Waals surface area (Å²) in [5, 5.41) is 17.9. The molecule has 0 radical (unpaired) electrons. The van der Waals surface area contributed by atoms with Crippen LogP contribution in [0.5, 0.6) is 5.75 Å². The summed E-state index contributed by atoms with van der Waals surface area (Å²) in [6.07, 6.45) is -0.0907. The maximum Gasteiger partial charge on any atom is 0.317 e. The Morgan fingerprint density at radius 2 is 2.00 bits per heavy atom. The highest BCUT2D eigenvalue weighted by Crippen LogP contribution is 2.37.